The highest BCUT2D eigenvalue weighted by Gasteiger charge is 2.20. The van der Waals surface area contributed by atoms with Gasteiger partial charge in [-0.25, -0.2) is 0 Å². The minimum Gasteiger partial charge on any atom is -0.449 e. The standard InChI is InChI=1S/CH2BF3N3/c3-2(4,5)1-7-8-6/h1H2/q-1. The Morgan fingerprint density at radius 2 is 2.00 bits per heavy atom. The molecule has 0 aliphatic heterocycles. The summed E-state index contributed by atoms with van der Waals surface area (Å²) < 4.78 is 33.1. The zero-order valence-electron chi connectivity index (χ0n) is 3.76. The van der Waals surface area contributed by atoms with Gasteiger partial charge in [0.2, 0.25) is 0 Å². The molecule has 0 amide bonds. The number of nitrogens with zero attached hydrogens (tertiary/aromatic N) is 3. The van der Waals surface area contributed by atoms with Gasteiger partial charge in [0.05, 0.1) is 0 Å². The number of halogens is 3. The number of rotatable bonds is 2. The Morgan fingerprint density at radius 1 is 1.50 bits per heavy atom. The zero-order chi connectivity index (χ0) is 6.62. The van der Waals surface area contributed by atoms with E-state index in [9.17, 15) is 12.9 Å². The van der Waals surface area contributed by atoms with E-state index < -0.39 is 13.4 Å². The Bertz CT molecular complexity index is 112. The van der Waals surface area contributed by atoms with Crippen LogP contribution in [0.1, 0.15) is 0 Å². The van der Waals surface area contributed by atoms with Crippen LogP contribution >= 0.6 is 0 Å². The van der Waals surface area contributed by atoms with Gasteiger partial charge in [-0.15, -0.1) is 5.11 Å². The molecule has 0 unspecified atom stereocenters. The van der Waals surface area contributed by atoms with Crippen molar-refractivity contribution < 1.29 is 12.9 Å². The minimum atomic E-state index is -4.92. The summed E-state index contributed by atoms with van der Waals surface area (Å²) in [4.78, 5) is 1.94. The molecule has 0 aliphatic carbocycles. The average molecular weight is 124 g/mol. The van der Waals surface area contributed by atoms with Crippen molar-refractivity contribution in [3.8, 4) is 0 Å². The predicted octanol–water partition coefficient (Wildman–Crippen LogP) is 1.68. The highest BCUT2D eigenvalue weighted by atomic mass is 19.4. The summed E-state index contributed by atoms with van der Waals surface area (Å²) in [6, 6.07) is 0. The zero-order valence-corrected chi connectivity index (χ0v) is 3.76. The van der Waals surface area contributed by atoms with Gasteiger partial charge in [-0.2, -0.15) is 0 Å². The maximum absolute atomic E-state index is 11.0. The van der Waals surface area contributed by atoms with Crippen molar-refractivity contribution in [3.05, 3.63) is 10.4 Å². The molecule has 0 saturated carbocycles. The van der Waals surface area contributed by atoms with Gasteiger partial charge in [-0.3, -0.25) is 0 Å². The predicted molar refractivity (Wildman–Crippen MR) is 23.1 cm³/mol. The van der Waals surface area contributed by atoms with Gasteiger partial charge in [0.15, 0.2) is 0 Å². The van der Waals surface area contributed by atoms with Gasteiger partial charge >= 0.3 is 6.98 Å². The lowest BCUT2D eigenvalue weighted by Crippen LogP contribution is -2.19. The van der Waals surface area contributed by atoms with E-state index in [1.54, 1.807) is 0 Å². The van der Waals surface area contributed by atoms with Gasteiger partial charge in [0.25, 0.3) is 0 Å². The number of azide groups is 1. The first-order valence-corrected chi connectivity index (χ1v) is 1.78. The molecule has 0 saturated heterocycles. The quantitative estimate of drug-likeness (QED) is 0.232. The topological polar surface area (TPSA) is 48.8 Å². The smallest absolute Gasteiger partial charge is 0.449 e. The van der Waals surface area contributed by atoms with Crippen LogP contribution in [0.2, 0.25) is 0 Å². The SMILES string of the molecule is [N-]=[N+]=NC[B-](F)(F)F. The van der Waals surface area contributed by atoms with Crippen molar-refractivity contribution in [2.45, 2.75) is 0 Å². The van der Waals surface area contributed by atoms with Crippen LogP contribution in [0.25, 0.3) is 10.4 Å². The van der Waals surface area contributed by atoms with Gasteiger partial charge in [-0.05, 0) is 16.9 Å². The van der Waals surface area contributed by atoms with Crippen LogP contribution < -0.4 is 0 Å². The molecule has 0 N–H and O–H groups in total. The Balaban J connectivity index is 3.55. The van der Waals surface area contributed by atoms with E-state index >= 15 is 0 Å². The fraction of sp³-hybridized carbons (Fsp3) is 1.00. The average Bonchev–Trinajstić information content (AvgIpc) is 1.59. The van der Waals surface area contributed by atoms with Crippen LogP contribution in [0.15, 0.2) is 5.11 Å². The molecule has 0 aromatic carbocycles. The molecule has 8 heavy (non-hydrogen) atoms. The van der Waals surface area contributed by atoms with Gasteiger partial charge < -0.3 is 12.9 Å². The third-order valence-corrected chi connectivity index (χ3v) is 0.352. The highest BCUT2D eigenvalue weighted by Crippen LogP contribution is 2.07. The normalized spacial score (nSPS) is 10.4. The minimum absolute atomic E-state index is 1.36. The lowest BCUT2D eigenvalue weighted by atomic mass is 9.93. The third-order valence-electron chi connectivity index (χ3n) is 0.352. The summed E-state index contributed by atoms with van der Waals surface area (Å²) in [6.07, 6.45) is -1.36. The maximum Gasteiger partial charge on any atom is 0.483 e. The molecule has 0 aromatic heterocycles. The molecule has 0 aromatic rings. The molecular weight excluding hydrogens is 122 g/mol. The van der Waals surface area contributed by atoms with E-state index in [4.69, 9.17) is 5.53 Å². The molecule has 3 nitrogen and oxygen atoms in total. The van der Waals surface area contributed by atoms with Crippen LogP contribution in [0.3, 0.4) is 0 Å². The third kappa shape index (κ3) is 5.16. The van der Waals surface area contributed by atoms with Crippen molar-refractivity contribution in [1.29, 1.82) is 0 Å². The summed E-state index contributed by atoms with van der Waals surface area (Å²) in [7, 11) is 0. The van der Waals surface area contributed by atoms with E-state index in [1.165, 1.54) is 0 Å². The molecule has 0 aliphatic rings. The van der Waals surface area contributed by atoms with Gasteiger partial charge in [-0.1, -0.05) is 0 Å². The molecule has 0 rings (SSSR count). The van der Waals surface area contributed by atoms with Crippen LogP contribution in [0, 0.1) is 0 Å². The second kappa shape index (κ2) is 2.47. The van der Waals surface area contributed by atoms with Crippen LogP contribution in [0.5, 0.6) is 0 Å². The Kier molecular flexibility index (Phi) is 2.21. The van der Waals surface area contributed by atoms with Crippen molar-refractivity contribution in [1.82, 2.24) is 0 Å². The lowest BCUT2D eigenvalue weighted by molar-refractivity contribution is 0.472. The van der Waals surface area contributed by atoms with Crippen molar-refractivity contribution in [3.63, 3.8) is 0 Å². The molecule has 0 radical (unpaired) electrons. The molecule has 0 bridgehead atoms. The molecule has 46 valence electrons. The van der Waals surface area contributed by atoms with Crippen molar-refractivity contribution in [2.75, 3.05) is 6.44 Å². The van der Waals surface area contributed by atoms with Crippen LogP contribution in [-0.2, 0) is 0 Å². The van der Waals surface area contributed by atoms with E-state index in [0.717, 1.165) is 0 Å². The monoisotopic (exact) mass is 124 g/mol. The molecule has 0 spiro atoms. The Morgan fingerprint density at radius 3 is 2.12 bits per heavy atom. The fourth-order valence-corrected chi connectivity index (χ4v) is 0.129. The summed E-state index contributed by atoms with van der Waals surface area (Å²) >= 11 is 0. The molecule has 7 heteroatoms. The lowest BCUT2D eigenvalue weighted by Gasteiger charge is -2.06. The van der Waals surface area contributed by atoms with Gasteiger partial charge in [0.1, 0.15) is 0 Å². The molecule has 0 heterocycles. The molecular formula is CH2BF3N3-. The largest absolute Gasteiger partial charge is 0.483 e. The van der Waals surface area contributed by atoms with Crippen LogP contribution in [0.4, 0.5) is 12.9 Å². The summed E-state index contributed by atoms with van der Waals surface area (Å²) in [6.45, 7) is -4.92. The van der Waals surface area contributed by atoms with Crippen LogP contribution in [-0.4, -0.2) is 13.4 Å². The Hall–Kier alpha value is -0.835. The summed E-state index contributed by atoms with van der Waals surface area (Å²) in [5.74, 6) is 0. The fourth-order valence-electron chi connectivity index (χ4n) is 0.129. The van der Waals surface area contributed by atoms with E-state index in [2.05, 4.69) is 5.11 Å². The van der Waals surface area contributed by atoms with Gasteiger partial charge in [0, 0.05) is 0 Å². The maximum atomic E-state index is 11.0. The Labute approximate surface area is 43.2 Å². The first-order valence-electron chi connectivity index (χ1n) is 1.78. The van der Waals surface area contributed by atoms with Crippen molar-refractivity contribution >= 4 is 6.98 Å². The summed E-state index contributed by atoms with van der Waals surface area (Å²) in [5.41, 5.74) is 7.40. The number of hydrogen-bond donors (Lipinski definition) is 0. The van der Waals surface area contributed by atoms with E-state index in [1.807, 2.05) is 4.91 Å². The van der Waals surface area contributed by atoms with Crippen molar-refractivity contribution in [2.24, 2.45) is 5.11 Å². The first-order chi connectivity index (χ1) is 3.56. The first kappa shape index (κ1) is 7.16. The second-order valence-corrected chi connectivity index (χ2v) is 1.12. The van der Waals surface area contributed by atoms with E-state index in [-0.39, 0.29) is 0 Å². The molecule has 0 fully saturated rings. The second-order valence-electron chi connectivity index (χ2n) is 1.12. The highest BCUT2D eigenvalue weighted by molar-refractivity contribution is 6.58. The molecule has 0 atom stereocenters. The number of hydrogen-bond acceptors (Lipinski definition) is 1. The summed E-state index contributed by atoms with van der Waals surface area (Å²) in [5, 5.41) is 2.33. The van der Waals surface area contributed by atoms with E-state index in [0.29, 0.717) is 0 Å².